The highest BCUT2D eigenvalue weighted by Gasteiger charge is 2.30. The van der Waals surface area contributed by atoms with Crippen LogP contribution in [0.15, 0.2) is 65.0 Å². The van der Waals surface area contributed by atoms with Crippen LogP contribution in [0, 0.1) is 0 Å². The summed E-state index contributed by atoms with van der Waals surface area (Å²) in [6.07, 6.45) is 3.46. The Morgan fingerprint density at radius 1 is 1.16 bits per heavy atom. The molecule has 0 atom stereocenters. The smallest absolute Gasteiger partial charge is 0.337 e. The van der Waals surface area contributed by atoms with Gasteiger partial charge < -0.3 is 14.2 Å². The zero-order chi connectivity index (χ0) is 23.1. The van der Waals surface area contributed by atoms with Crippen LogP contribution in [-0.4, -0.2) is 49.3 Å². The largest absolute Gasteiger partial charge is 0.490 e. The molecule has 0 aromatic heterocycles. The molecule has 0 radical (unpaired) electrons. The van der Waals surface area contributed by atoms with Gasteiger partial charge in [0.15, 0.2) is 16.7 Å². The third-order valence-electron chi connectivity index (χ3n) is 4.44. The summed E-state index contributed by atoms with van der Waals surface area (Å²) in [4.78, 5) is 30.9. The number of hydrogen-bond donors (Lipinski definition) is 0. The number of rotatable bonds is 8. The third-order valence-corrected chi connectivity index (χ3v) is 5.50. The molecule has 0 spiro atoms. The molecule has 32 heavy (non-hydrogen) atoms. The van der Waals surface area contributed by atoms with Gasteiger partial charge >= 0.3 is 5.97 Å². The van der Waals surface area contributed by atoms with Crippen LogP contribution in [0.1, 0.15) is 22.8 Å². The van der Waals surface area contributed by atoms with Gasteiger partial charge in [0, 0.05) is 7.05 Å². The molecule has 1 aliphatic rings. The summed E-state index contributed by atoms with van der Waals surface area (Å²) >= 11 is 1.28. The first-order valence-electron chi connectivity index (χ1n) is 9.92. The van der Waals surface area contributed by atoms with E-state index < -0.39 is 5.97 Å². The van der Waals surface area contributed by atoms with Crippen molar-refractivity contribution in [2.24, 2.45) is 4.99 Å². The van der Waals surface area contributed by atoms with Crippen molar-refractivity contribution in [1.29, 1.82) is 0 Å². The number of aliphatic imine (C=N–C) groups is 1. The maximum absolute atomic E-state index is 12.7. The number of methoxy groups -OCH3 is 1. The van der Waals surface area contributed by atoms with E-state index in [-0.39, 0.29) is 5.91 Å². The third kappa shape index (κ3) is 5.39. The maximum atomic E-state index is 12.7. The zero-order valence-electron chi connectivity index (χ0n) is 18.2. The van der Waals surface area contributed by atoms with Gasteiger partial charge in [-0.15, -0.1) is 0 Å². The Kier molecular flexibility index (Phi) is 7.72. The number of carbonyl (C=O) groups excluding carboxylic acids is 2. The minimum absolute atomic E-state index is 0.148. The van der Waals surface area contributed by atoms with Gasteiger partial charge in [0.1, 0.15) is 6.61 Å². The molecule has 0 aliphatic carbocycles. The fourth-order valence-corrected chi connectivity index (χ4v) is 3.84. The van der Waals surface area contributed by atoms with E-state index in [1.165, 1.54) is 23.8 Å². The molecule has 2 aromatic carbocycles. The summed E-state index contributed by atoms with van der Waals surface area (Å²) < 4.78 is 16.0. The number of amidine groups is 1. The molecule has 0 bridgehead atoms. The number of esters is 1. The lowest BCUT2D eigenvalue weighted by molar-refractivity contribution is -0.121. The highest BCUT2D eigenvalue weighted by atomic mass is 32.2. The second-order valence-electron chi connectivity index (χ2n) is 6.65. The molecule has 1 fully saturated rings. The molecule has 3 rings (SSSR count). The molecular weight excluding hydrogens is 428 g/mol. The van der Waals surface area contributed by atoms with Gasteiger partial charge in [0.2, 0.25) is 0 Å². The molecular formula is C24H24N2O5S. The topological polar surface area (TPSA) is 77.4 Å². The second kappa shape index (κ2) is 10.7. The Morgan fingerprint density at radius 3 is 2.56 bits per heavy atom. The number of ether oxygens (including phenoxy) is 3. The van der Waals surface area contributed by atoms with Gasteiger partial charge in [-0.05, 0) is 66.7 Å². The number of carbonyl (C=O) groups is 2. The number of nitrogens with zero attached hydrogens (tertiary/aromatic N) is 2. The first-order chi connectivity index (χ1) is 15.5. The van der Waals surface area contributed by atoms with Crippen molar-refractivity contribution in [2.45, 2.75) is 6.92 Å². The van der Waals surface area contributed by atoms with Crippen LogP contribution in [0.2, 0.25) is 0 Å². The zero-order valence-corrected chi connectivity index (χ0v) is 19.0. The maximum Gasteiger partial charge on any atom is 0.337 e. The number of benzene rings is 2. The monoisotopic (exact) mass is 452 g/mol. The molecule has 7 nitrogen and oxygen atoms in total. The fraction of sp³-hybridized carbons (Fsp3) is 0.208. The lowest BCUT2D eigenvalue weighted by atomic mass is 10.2. The molecule has 8 heteroatoms. The van der Waals surface area contributed by atoms with Crippen molar-refractivity contribution in [2.75, 3.05) is 27.4 Å². The van der Waals surface area contributed by atoms with E-state index in [4.69, 9.17) is 14.2 Å². The normalized spacial score (nSPS) is 15.8. The number of thioether (sulfide) groups is 1. The first-order valence-corrected chi connectivity index (χ1v) is 10.7. The SMILES string of the molecule is C=CCOc1ccc(C=C2SC(=Nc3ccc(C(=O)OC)cc3)N(C)C2=O)cc1OCC. The lowest BCUT2D eigenvalue weighted by Gasteiger charge is -2.11. The Balaban J connectivity index is 1.83. The van der Waals surface area contributed by atoms with E-state index in [0.717, 1.165) is 5.56 Å². The molecule has 166 valence electrons. The summed E-state index contributed by atoms with van der Waals surface area (Å²) in [5.74, 6) is 0.662. The summed E-state index contributed by atoms with van der Waals surface area (Å²) in [5, 5.41) is 0.544. The summed E-state index contributed by atoms with van der Waals surface area (Å²) in [6, 6.07) is 12.2. The number of hydrogen-bond acceptors (Lipinski definition) is 7. The van der Waals surface area contributed by atoms with Crippen LogP contribution in [0.5, 0.6) is 11.5 Å². The molecule has 0 saturated carbocycles. The molecule has 2 aromatic rings. The summed E-state index contributed by atoms with van der Waals surface area (Å²) in [5.41, 5.74) is 1.88. The van der Waals surface area contributed by atoms with Crippen molar-refractivity contribution >= 4 is 40.6 Å². The quantitative estimate of drug-likeness (QED) is 0.329. The minimum Gasteiger partial charge on any atom is -0.490 e. The van der Waals surface area contributed by atoms with Crippen LogP contribution < -0.4 is 9.47 Å². The highest BCUT2D eigenvalue weighted by molar-refractivity contribution is 8.18. The Labute approximate surface area is 191 Å². The molecule has 0 unspecified atom stereocenters. The predicted molar refractivity (Wildman–Crippen MR) is 127 cm³/mol. The van der Waals surface area contributed by atoms with E-state index in [1.807, 2.05) is 25.1 Å². The van der Waals surface area contributed by atoms with Gasteiger partial charge in [-0.2, -0.15) is 0 Å². The second-order valence-corrected chi connectivity index (χ2v) is 7.66. The highest BCUT2D eigenvalue weighted by Crippen LogP contribution is 2.35. The molecule has 1 aliphatic heterocycles. The van der Waals surface area contributed by atoms with Crippen molar-refractivity contribution < 1.29 is 23.8 Å². The molecule has 1 heterocycles. The first kappa shape index (κ1) is 23.1. The van der Waals surface area contributed by atoms with E-state index in [1.54, 1.807) is 43.5 Å². The van der Waals surface area contributed by atoms with E-state index in [2.05, 4.69) is 11.6 Å². The minimum atomic E-state index is -0.413. The van der Waals surface area contributed by atoms with Crippen LogP contribution in [0.25, 0.3) is 6.08 Å². The molecule has 1 saturated heterocycles. The van der Waals surface area contributed by atoms with Gasteiger partial charge in [-0.3, -0.25) is 9.69 Å². The molecule has 0 N–H and O–H groups in total. The van der Waals surface area contributed by atoms with Crippen molar-refractivity contribution in [3.8, 4) is 11.5 Å². The van der Waals surface area contributed by atoms with E-state index in [0.29, 0.717) is 46.0 Å². The number of likely N-dealkylation sites (N-methyl/N-ethyl adjacent to an activating group) is 1. The summed E-state index contributed by atoms with van der Waals surface area (Å²) in [6.45, 7) is 6.42. The van der Waals surface area contributed by atoms with Crippen LogP contribution in [-0.2, 0) is 9.53 Å². The van der Waals surface area contributed by atoms with Gasteiger partial charge in [0.05, 0.1) is 29.9 Å². The average molecular weight is 453 g/mol. The van der Waals surface area contributed by atoms with Crippen molar-refractivity contribution in [1.82, 2.24) is 4.90 Å². The standard InChI is InChI=1S/C24H24N2O5S/c1-5-13-31-19-12-7-16(14-20(19)30-6-2)15-21-22(27)26(3)24(32-21)25-18-10-8-17(9-11-18)23(28)29-4/h5,7-12,14-15H,1,6,13H2,2-4H3. The lowest BCUT2D eigenvalue weighted by Crippen LogP contribution is -2.23. The van der Waals surface area contributed by atoms with E-state index in [9.17, 15) is 9.59 Å². The molecule has 1 amide bonds. The Morgan fingerprint density at radius 2 is 1.91 bits per heavy atom. The van der Waals surface area contributed by atoms with Crippen LogP contribution >= 0.6 is 11.8 Å². The van der Waals surface area contributed by atoms with Gasteiger partial charge in [-0.1, -0.05) is 18.7 Å². The van der Waals surface area contributed by atoms with Crippen LogP contribution in [0.4, 0.5) is 5.69 Å². The Bertz CT molecular complexity index is 1080. The Hall–Kier alpha value is -3.52. The fourth-order valence-electron chi connectivity index (χ4n) is 2.85. The van der Waals surface area contributed by atoms with Gasteiger partial charge in [-0.25, -0.2) is 9.79 Å². The van der Waals surface area contributed by atoms with Gasteiger partial charge in [0.25, 0.3) is 5.91 Å². The van der Waals surface area contributed by atoms with Crippen LogP contribution in [0.3, 0.4) is 0 Å². The average Bonchev–Trinajstić information content (AvgIpc) is 3.06. The van der Waals surface area contributed by atoms with Crippen molar-refractivity contribution in [3.05, 3.63) is 71.2 Å². The predicted octanol–water partition coefficient (Wildman–Crippen LogP) is 4.67. The summed E-state index contributed by atoms with van der Waals surface area (Å²) in [7, 11) is 3.01. The van der Waals surface area contributed by atoms with Crippen molar-refractivity contribution in [3.63, 3.8) is 0 Å². The van der Waals surface area contributed by atoms with E-state index >= 15 is 0 Å². The number of amides is 1.